The number of unbranched alkanes of at least 4 members (excludes halogenated alkanes) is 1. The predicted octanol–water partition coefficient (Wildman–Crippen LogP) is 5.48. The number of pyridine rings is 1. The molecule has 0 radical (unpaired) electrons. The second kappa shape index (κ2) is 17.8. The molecule has 316 valence electrons. The van der Waals surface area contributed by atoms with Gasteiger partial charge in [0.2, 0.25) is 0 Å². The zero-order valence-electron chi connectivity index (χ0n) is 35.5. The van der Waals surface area contributed by atoms with Crippen LogP contribution in [0, 0.1) is 17.8 Å². The first-order valence-corrected chi connectivity index (χ1v) is 20.3. The summed E-state index contributed by atoms with van der Waals surface area (Å²) in [5.41, 5.74) is -5.15. The largest absolute Gasteiger partial charge is 0.455 e. The Morgan fingerprint density at radius 2 is 1.73 bits per heavy atom. The number of aliphatic hydroxyl groups excluding tert-OH is 1. The highest BCUT2D eigenvalue weighted by Crippen LogP contribution is 2.45. The molecule has 13 atom stereocenters. The summed E-state index contributed by atoms with van der Waals surface area (Å²) in [4.78, 5) is 64.4. The molecule has 0 aromatic carbocycles. The number of aromatic nitrogens is 1. The van der Waals surface area contributed by atoms with Gasteiger partial charge >= 0.3 is 12.1 Å². The number of amides is 1. The van der Waals surface area contributed by atoms with E-state index in [0.717, 1.165) is 25.3 Å². The van der Waals surface area contributed by atoms with Crippen molar-refractivity contribution in [2.24, 2.45) is 17.8 Å². The molecule has 3 fully saturated rings. The number of carbonyl (C=O) groups is 4. The van der Waals surface area contributed by atoms with Crippen molar-refractivity contribution in [1.82, 2.24) is 14.8 Å². The predicted molar refractivity (Wildman–Crippen MR) is 206 cm³/mol. The smallest absolute Gasteiger partial charge is 0.410 e. The monoisotopic (exact) mass is 791 g/mol. The number of likely N-dealkylation sites (N-methyl/N-ethyl adjacent to an activating group) is 1. The molecule has 0 aliphatic carbocycles. The van der Waals surface area contributed by atoms with Gasteiger partial charge < -0.3 is 38.6 Å². The molecule has 1 aromatic rings. The molecule has 1 N–H and O–H groups in total. The van der Waals surface area contributed by atoms with Crippen molar-refractivity contribution in [1.29, 1.82) is 0 Å². The average Bonchev–Trinajstić information content (AvgIpc) is 3.42. The Labute approximate surface area is 332 Å². The molecule has 0 saturated carbocycles. The van der Waals surface area contributed by atoms with E-state index < -0.39 is 82.6 Å². The first kappa shape index (κ1) is 45.7. The summed E-state index contributed by atoms with van der Waals surface area (Å²) in [5, 5.41) is 11.8. The van der Waals surface area contributed by atoms with Crippen LogP contribution >= 0.6 is 0 Å². The number of ether oxygens (including phenoxy) is 5. The minimum absolute atomic E-state index is 0.00296. The highest BCUT2D eigenvalue weighted by molar-refractivity contribution is 6.08. The van der Waals surface area contributed by atoms with Crippen molar-refractivity contribution in [3.63, 3.8) is 0 Å². The van der Waals surface area contributed by atoms with E-state index in [1.54, 1.807) is 53.9 Å². The lowest BCUT2D eigenvalue weighted by atomic mass is 9.73. The van der Waals surface area contributed by atoms with Crippen LogP contribution in [0.25, 0.3) is 0 Å². The van der Waals surface area contributed by atoms with Crippen LogP contribution in [0.3, 0.4) is 0 Å². The van der Waals surface area contributed by atoms with Gasteiger partial charge in [-0.1, -0.05) is 40.7 Å². The van der Waals surface area contributed by atoms with Crippen LogP contribution < -0.4 is 0 Å². The Bertz CT molecular complexity index is 1550. The number of rotatable bonds is 11. The third kappa shape index (κ3) is 8.99. The van der Waals surface area contributed by atoms with Crippen LogP contribution in [-0.2, 0) is 44.5 Å². The molecule has 0 spiro atoms. The van der Waals surface area contributed by atoms with Gasteiger partial charge in [-0.15, -0.1) is 0 Å². The van der Waals surface area contributed by atoms with Gasteiger partial charge in [-0.25, -0.2) is 14.0 Å². The Kier molecular flexibility index (Phi) is 14.5. The summed E-state index contributed by atoms with van der Waals surface area (Å²) >= 11 is 0. The van der Waals surface area contributed by atoms with Crippen molar-refractivity contribution in [3.05, 3.63) is 30.1 Å². The van der Waals surface area contributed by atoms with Crippen molar-refractivity contribution in [2.45, 2.75) is 167 Å². The molecule has 0 bridgehead atoms. The summed E-state index contributed by atoms with van der Waals surface area (Å²) in [5.74, 6) is -7.44. The molecular weight excluding hydrogens is 725 g/mol. The number of aliphatic hydroxyl groups is 1. The van der Waals surface area contributed by atoms with Gasteiger partial charge in [0, 0.05) is 49.8 Å². The summed E-state index contributed by atoms with van der Waals surface area (Å²) in [6.07, 6.45) is 1.39. The van der Waals surface area contributed by atoms with Crippen LogP contribution in [0.1, 0.15) is 107 Å². The van der Waals surface area contributed by atoms with Crippen LogP contribution in [-0.4, -0.2) is 130 Å². The third-order valence-corrected chi connectivity index (χ3v) is 12.8. The van der Waals surface area contributed by atoms with Crippen LogP contribution in [0.2, 0.25) is 0 Å². The topological polar surface area (TPSA) is 154 Å². The fraction of sp³-hybridized carbons (Fsp3) is 0.786. The van der Waals surface area contributed by atoms with E-state index in [-0.39, 0.29) is 37.3 Å². The number of fused-ring (bicyclic) bond motifs is 1. The van der Waals surface area contributed by atoms with E-state index >= 15 is 4.39 Å². The Balaban J connectivity index is 1.77. The molecule has 14 heteroatoms. The molecule has 1 aromatic heterocycles. The number of hydrogen-bond donors (Lipinski definition) is 1. The molecule has 3 aliphatic heterocycles. The molecule has 56 heavy (non-hydrogen) atoms. The first-order valence-electron chi connectivity index (χ1n) is 20.3. The fourth-order valence-electron chi connectivity index (χ4n) is 9.38. The highest BCUT2D eigenvalue weighted by Gasteiger charge is 2.62. The lowest BCUT2D eigenvalue weighted by Crippen LogP contribution is -2.65. The maximum Gasteiger partial charge on any atom is 0.410 e. The highest BCUT2D eigenvalue weighted by atomic mass is 19.1. The van der Waals surface area contributed by atoms with Crippen molar-refractivity contribution in [2.75, 3.05) is 27.2 Å². The molecule has 3 saturated heterocycles. The first-order chi connectivity index (χ1) is 26.1. The van der Waals surface area contributed by atoms with E-state index in [2.05, 4.69) is 4.98 Å². The number of cyclic esters (lactones) is 1. The van der Waals surface area contributed by atoms with Crippen LogP contribution in [0.5, 0.6) is 0 Å². The number of hydrogen-bond acceptors (Lipinski definition) is 12. The van der Waals surface area contributed by atoms with Gasteiger partial charge in [0.1, 0.15) is 18.0 Å². The van der Waals surface area contributed by atoms with E-state index in [1.165, 1.54) is 18.9 Å². The maximum absolute atomic E-state index is 16.9. The van der Waals surface area contributed by atoms with Gasteiger partial charge in [0.15, 0.2) is 17.2 Å². The fourth-order valence-corrected chi connectivity index (χ4v) is 9.38. The van der Waals surface area contributed by atoms with Gasteiger partial charge in [0.05, 0.1) is 23.9 Å². The van der Waals surface area contributed by atoms with E-state index in [1.807, 2.05) is 37.9 Å². The summed E-state index contributed by atoms with van der Waals surface area (Å²) in [7, 11) is 3.30. The Morgan fingerprint density at radius 3 is 2.32 bits per heavy atom. The zero-order chi connectivity index (χ0) is 42.0. The number of carbonyl (C=O) groups excluding carboxylic acids is 4. The quantitative estimate of drug-likeness (QED) is 0.172. The van der Waals surface area contributed by atoms with Crippen molar-refractivity contribution in [3.8, 4) is 0 Å². The molecule has 1 amide bonds. The second-order valence-corrected chi connectivity index (χ2v) is 17.1. The van der Waals surface area contributed by atoms with E-state index in [4.69, 9.17) is 23.7 Å². The number of methoxy groups -OCH3 is 1. The minimum Gasteiger partial charge on any atom is -0.455 e. The molecule has 0 unspecified atom stereocenters. The molecule has 4 heterocycles. The molecule has 4 rings (SSSR count). The van der Waals surface area contributed by atoms with E-state index in [9.17, 15) is 24.3 Å². The normalized spacial score (nSPS) is 40.3. The van der Waals surface area contributed by atoms with Gasteiger partial charge in [-0.2, -0.15) is 0 Å². The van der Waals surface area contributed by atoms with Crippen LogP contribution in [0.4, 0.5) is 9.18 Å². The van der Waals surface area contributed by atoms with E-state index in [0.29, 0.717) is 19.4 Å². The molecular formula is C42H66FN3O10. The number of halogens is 1. The summed E-state index contributed by atoms with van der Waals surface area (Å²) in [6, 6.07) is 2.58. The summed E-state index contributed by atoms with van der Waals surface area (Å²) in [6.45, 7) is 17.1. The third-order valence-electron chi connectivity index (χ3n) is 12.8. The number of aryl methyl sites for hydroxylation is 1. The van der Waals surface area contributed by atoms with Gasteiger partial charge in [-0.3, -0.25) is 14.6 Å². The standard InChI is InChI=1S/C42H66FN3O10/c1-13-31-41(9)33(46(38(51)56-41)21-16-15-18-29-19-17-20-44-24-29)27(5)32(47)25(3)23-39(7,52-12)36(28(6)34(48)40(8,43)37(50)53-31)55-42(10)35(49)30(45(11)14-2)22-26(4)54-42/h17,19-20,24-28,30-31,33,35-36,49H,13-16,18,21-23H2,1-12H3/t25-,26-,27+,28+,30+,31-,33-,35-,36-,39-,40+,41-,42+/m1/s1. The average molecular weight is 792 g/mol. The zero-order valence-corrected chi connectivity index (χ0v) is 35.5. The number of nitrogens with zero attached hydrogens (tertiary/aromatic N) is 3. The van der Waals surface area contributed by atoms with Crippen LogP contribution in [0.15, 0.2) is 24.5 Å². The SMILES string of the molecule is CC[C@H]1OC(=O)[C@@](C)(F)C(=O)[C@H](C)[C@@H](O[C@]2(C)O[C@H](C)C[C@H](N(C)CC)[C@H]2O)[C@](C)(OC)C[C@@H](C)C(=O)[C@H](C)[C@H]2N(CCCCc3cccnc3)C(=O)O[C@]12C. The van der Waals surface area contributed by atoms with Crippen molar-refractivity contribution < 1.29 is 52.4 Å². The maximum atomic E-state index is 16.9. The van der Waals surface area contributed by atoms with Gasteiger partial charge in [-0.05, 0) is 98.4 Å². The Hall–Kier alpha value is -3.04. The number of Topliss-reactive ketones (excluding diaryl/α,β-unsaturated/α-hetero) is 2. The Morgan fingerprint density at radius 1 is 1.05 bits per heavy atom. The lowest BCUT2D eigenvalue weighted by Gasteiger charge is -2.52. The minimum atomic E-state index is -3.17. The number of ketones is 2. The second-order valence-electron chi connectivity index (χ2n) is 17.1. The van der Waals surface area contributed by atoms with Crippen molar-refractivity contribution >= 4 is 23.6 Å². The molecule has 13 nitrogen and oxygen atoms in total. The number of alkyl halides is 1. The number of esters is 1. The lowest BCUT2D eigenvalue weighted by molar-refractivity contribution is -0.354. The molecule has 3 aliphatic rings. The summed E-state index contributed by atoms with van der Waals surface area (Å²) < 4.78 is 48.0. The van der Waals surface area contributed by atoms with Gasteiger partial charge in [0.25, 0.3) is 5.67 Å².